The van der Waals surface area contributed by atoms with Crippen LogP contribution < -0.4 is 11.1 Å². The fraction of sp³-hybridized carbons (Fsp3) is 0.556. The van der Waals surface area contributed by atoms with E-state index in [-0.39, 0.29) is 0 Å². The lowest BCUT2D eigenvalue weighted by Crippen LogP contribution is -2.21. The summed E-state index contributed by atoms with van der Waals surface area (Å²) in [6.45, 7) is 5.46. The number of hydrogen-bond acceptors (Lipinski definition) is 3. The van der Waals surface area contributed by atoms with Crippen molar-refractivity contribution < 1.29 is 4.42 Å². The zero-order valence-electron chi connectivity index (χ0n) is 7.63. The largest absolute Gasteiger partial charge is 0.463 e. The predicted molar refractivity (Wildman–Crippen MR) is 48.6 cm³/mol. The standard InChI is InChI=1S/C9H16N2O/c1-7(2)11-6-9-4-3-8(5-10)12-9/h3-4,7,11H,5-6,10H2,1-2H3. The van der Waals surface area contributed by atoms with Crippen molar-refractivity contribution in [2.24, 2.45) is 5.73 Å². The Balaban J connectivity index is 2.41. The van der Waals surface area contributed by atoms with E-state index in [4.69, 9.17) is 10.2 Å². The van der Waals surface area contributed by atoms with E-state index in [0.717, 1.165) is 18.1 Å². The summed E-state index contributed by atoms with van der Waals surface area (Å²) in [6, 6.07) is 4.35. The molecule has 0 aliphatic rings. The van der Waals surface area contributed by atoms with Gasteiger partial charge >= 0.3 is 0 Å². The quantitative estimate of drug-likeness (QED) is 0.711. The predicted octanol–water partition coefficient (Wildman–Crippen LogP) is 1.24. The third-order valence-electron chi connectivity index (χ3n) is 1.60. The maximum Gasteiger partial charge on any atom is 0.118 e. The fourth-order valence-electron chi connectivity index (χ4n) is 0.932. The van der Waals surface area contributed by atoms with Gasteiger partial charge in [-0.3, -0.25) is 0 Å². The molecule has 1 aromatic rings. The lowest BCUT2D eigenvalue weighted by molar-refractivity contribution is 0.436. The van der Waals surface area contributed by atoms with Gasteiger partial charge in [0.05, 0.1) is 13.1 Å². The van der Waals surface area contributed by atoms with Crippen LogP contribution >= 0.6 is 0 Å². The minimum absolute atomic E-state index is 0.474. The summed E-state index contributed by atoms with van der Waals surface area (Å²) in [5, 5.41) is 3.26. The summed E-state index contributed by atoms with van der Waals surface area (Å²) in [4.78, 5) is 0. The summed E-state index contributed by atoms with van der Waals surface area (Å²) >= 11 is 0. The summed E-state index contributed by atoms with van der Waals surface area (Å²) in [6.07, 6.45) is 0. The van der Waals surface area contributed by atoms with Gasteiger partial charge in [0.25, 0.3) is 0 Å². The highest BCUT2D eigenvalue weighted by Gasteiger charge is 2.00. The Kier molecular flexibility index (Phi) is 3.31. The van der Waals surface area contributed by atoms with Crippen molar-refractivity contribution in [3.63, 3.8) is 0 Å². The third-order valence-corrected chi connectivity index (χ3v) is 1.60. The van der Waals surface area contributed by atoms with Gasteiger partial charge in [0.2, 0.25) is 0 Å². The van der Waals surface area contributed by atoms with E-state index in [1.54, 1.807) is 0 Å². The zero-order valence-corrected chi connectivity index (χ0v) is 7.63. The molecule has 12 heavy (non-hydrogen) atoms. The Morgan fingerprint density at radius 2 is 2.08 bits per heavy atom. The van der Waals surface area contributed by atoms with E-state index in [2.05, 4.69) is 19.2 Å². The molecule has 68 valence electrons. The van der Waals surface area contributed by atoms with E-state index in [9.17, 15) is 0 Å². The first-order valence-electron chi connectivity index (χ1n) is 4.23. The molecule has 0 saturated heterocycles. The van der Waals surface area contributed by atoms with Gasteiger partial charge in [0.1, 0.15) is 11.5 Å². The van der Waals surface area contributed by atoms with Crippen LogP contribution in [-0.4, -0.2) is 6.04 Å². The van der Waals surface area contributed by atoms with Crippen LogP contribution in [0.25, 0.3) is 0 Å². The first-order valence-corrected chi connectivity index (χ1v) is 4.23. The number of hydrogen-bond donors (Lipinski definition) is 2. The highest BCUT2D eigenvalue weighted by molar-refractivity contribution is 5.06. The van der Waals surface area contributed by atoms with Crippen LogP contribution in [0.4, 0.5) is 0 Å². The summed E-state index contributed by atoms with van der Waals surface area (Å²) in [7, 11) is 0. The Labute approximate surface area is 72.9 Å². The molecule has 0 aromatic carbocycles. The normalized spacial score (nSPS) is 11.0. The molecule has 0 aliphatic carbocycles. The van der Waals surface area contributed by atoms with Crippen molar-refractivity contribution in [3.8, 4) is 0 Å². The van der Waals surface area contributed by atoms with Gasteiger partial charge in [-0.15, -0.1) is 0 Å². The Morgan fingerprint density at radius 1 is 1.42 bits per heavy atom. The number of nitrogens with one attached hydrogen (secondary N) is 1. The van der Waals surface area contributed by atoms with Crippen molar-refractivity contribution in [2.75, 3.05) is 0 Å². The molecule has 1 rings (SSSR count). The average molecular weight is 168 g/mol. The van der Waals surface area contributed by atoms with Crippen LogP contribution in [0.15, 0.2) is 16.5 Å². The second kappa shape index (κ2) is 4.28. The summed E-state index contributed by atoms with van der Waals surface area (Å²) in [5.74, 6) is 1.79. The SMILES string of the molecule is CC(C)NCc1ccc(CN)o1. The first-order chi connectivity index (χ1) is 5.72. The molecule has 0 bridgehead atoms. The Morgan fingerprint density at radius 3 is 2.58 bits per heavy atom. The maximum atomic E-state index is 5.40. The minimum atomic E-state index is 0.474. The number of nitrogens with two attached hydrogens (primary N) is 1. The highest BCUT2D eigenvalue weighted by Crippen LogP contribution is 2.06. The molecule has 0 radical (unpaired) electrons. The minimum Gasteiger partial charge on any atom is -0.463 e. The van der Waals surface area contributed by atoms with Crippen LogP contribution in [0, 0.1) is 0 Å². The van der Waals surface area contributed by atoms with Crippen molar-refractivity contribution in [2.45, 2.75) is 33.0 Å². The van der Waals surface area contributed by atoms with E-state index in [1.165, 1.54) is 0 Å². The smallest absolute Gasteiger partial charge is 0.118 e. The van der Waals surface area contributed by atoms with Gasteiger partial charge < -0.3 is 15.5 Å². The van der Waals surface area contributed by atoms with Crippen molar-refractivity contribution in [3.05, 3.63) is 23.7 Å². The molecule has 1 aromatic heterocycles. The molecule has 0 spiro atoms. The molecule has 1 heterocycles. The maximum absolute atomic E-state index is 5.40. The van der Waals surface area contributed by atoms with E-state index >= 15 is 0 Å². The van der Waals surface area contributed by atoms with Crippen molar-refractivity contribution in [1.82, 2.24) is 5.32 Å². The van der Waals surface area contributed by atoms with Gasteiger partial charge in [-0.25, -0.2) is 0 Å². The molecule has 0 unspecified atom stereocenters. The monoisotopic (exact) mass is 168 g/mol. The van der Waals surface area contributed by atoms with Gasteiger partial charge in [-0.05, 0) is 12.1 Å². The Hall–Kier alpha value is -0.800. The summed E-state index contributed by atoms with van der Waals surface area (Å²) in [5.41, 5.74) is 5.40. The number of furan rings is 1. The molecule has 0 aliphatic heterocycles. The van der Waals surface area contributed by atoms with Crippen LogP contribution in [-0.2, 0) is 13.1 Å². The zero-order chi connectivity index (χ0) is 8.97. The van der Waals surface area contributed by atoms with E-state index < -0.39 is 0 Å². The van der Waals surface area contributed by atoms with Crippen molar-refractivity contribution >= 4 is 0 Å². The lowest BCUT2D eigenvalue weighted by atomic mass is 10.3. The second-order valence-corrected chi connectivity index (χ2v) is 3.11. The molecule has 0 atom stereocenters. The van der Waals surface area contributed by atoms with E-state index in [1.807, 2.05) is 12.1 Å². The summed E-state index contributed by atoms with van der Waals surface area (Å²) < 4.78 is 5.40. The molecule has 0 fully saturated rings. The fourth-order valence-corrected chi connectivity index (χ4v) is 0.932. The van der Waals surface area contributed by atoms with Crippen LogP contribution in [0.2, 0.25) is 0 Å². The number of rotatable bonds is 4. The second-order valence-electron chi connectivity index (χ2n) is 3.11. The van der Waals surface area contributed by atoms with Crippen LogP contribution in [0.3, 0.4) is 0 Å². The third kappa shape index (κ3) is 2.68. The van der Waals surface area contributed by atoms with Crippen LogP contribution in [0.1, 0.15) is 25.4 Å². The topological polar surface area (TPSA) is 51.2 Å². The molecular weight excluding hydrogens is 152 g/mol. The molecule has 3 heteroatoms. The lowest BCUT2D eigenvalue weighted by Gasteiger charge is -2.04. The first kappa shape index (κ1) is 9.29. The average Bonchev–Trinajstić information content (AvgIpc) is 2.48. The Bertz CT molecular complexity index is 230. The van der Waals surface area contributed by atoms with Gasteiger partial charge in [0.15, 0.2) is 0 Å². The van der Waals surface area contributed by atoms with Gasteiger partial charge in [-0.2, -0.15) is 0 Å². The van der Waals surface area contributed by atoms with Crippen molar-refractivity contribution in [1.29, 1.82) is 0 Å². The van der Waals surface area contributed by atoms with Crippen LogP contribution in [0.5, 0.6) is 0 Å². The highest BCUT2D eigenvalue weighted by atomic mass is 16.3. The molecule has 0 amide bonds. The van der Waals surface area contributed by atoms with E-state index in [0.29, 0.717) is 12.6 Å². The molecule has 0 saturated carbocycles. The molecule has 3 nitrogen and oxygen atoms in total. The molecule has 3 N–H and O–H groups in total. The molecular formula is C9H16N2O. The van der Waals surface area contributed by atoms with Gasteiger partial charge in [-0.1, -0.05) is 13.8 Å². The van der Waals surface area contributed by atoms with Gasteiger partial charge in [0, 0.05) is 6.04 Å².